The van der Waals surface area contributed by atoms with Gasteiger partial charge in [-0.3, -0.25) is 20.3 Å². The minimum atomic E-state index is -0.527. The Bertz CT molecular complexity index is 1180. The first-order valence-corrected chi connectivity index (χ1v) is 10.5. The number of rotatable bonds is 5. The quantitative estimate of drug-likeness (QED) is 0.357. The summed E-state index contributed by atoms with van der Waals surface area (Å²) in [5.74, 6) is 0.230. The van der Waals surface area contributed by atoms with E-state index >= 15 is 0 Å². The second-order valence-corrected chi connectivity index (χ2v) is 8.28. The molecule has 1 amide bonds. The number of hydrogen-bond donors (Lipinski definition) is 1. The van der Waals surface area contributed by atoms with Crippen molar-refractivity contribution in [3.8, 4) is 11.3 Å². The highest BCUT2D eigenvalue weighted by Crippen LogP contribution is 2.34. The van der Waals surface area contributed by atoms with Gasteiger partial charge in [-0.1, -0.05) is 6.92 Å². The molecule has 4 rings (SSSR count). The summed E-state index contributed by atoms with van der Waals surface area (Å²) in [6.07, 6.45) is 3.11. The molecular weight excluding hydrogens is 474 g/mol. The zero-order chi connectivity index (χ0) is 21.4. The number of nitrogens with zero attached hydrogens (tertiary/aromatic N) is 4. The lowest BCUT2D eigenvalue weighted by molar-refractivity contribution is -0.384. The van der Waals surface area contributed by atoms with E-state index in [0.717, 1.165) is 17.9 Å². The maximum atomic E-state index is 12.4. The molecule has 0 unspecified atom stereocenters. The lowest BCUT2D eigenvalue weighted by Gasteiger charge is -2.19. The number of furan rings is 1. The van der Waals surface area contributed by atoms with E-state index in [4.69, 9.17) is 9.83 Å². The molecule has 1 aromatic heterocycles. The van der Waals surface area contributed by atoms with Crippen molar-refractivity contribution in [3.63, 3.8) is 0 Å². The van der Waals surface area contributed by atoms with E-state index < -0.39 is 10.8 Å². The maximum Gasteiger partial charge on any atom is 0.283 e. The van der Waals surface area contributed by atoms with Crippen LogP contribution in [0.1, 0.15) is 25.5 Å². The molecule has 0 radical (unpaired) electrons. The number of amides is 1. The fraction of sp³-hybridized carbons (Fsp3) is 0.158. The number of amidine groups is 2. The fourth-order valence-corrected chi connectivity index (χ4v) is 4.43. The van der Waals surface area contributed by atoms with E-state index in [9.17, 15) is 14.9 Å². The first kappa shape index (κ1) is 20.2. The van der Waals surface area contributed by atoms with Gasteiger partial charge in [-0.2, -0.15) is 15.1 Å². The Kier molecular flexibility index (Phi) is 5.39. The molecule has 9 nitrogen and oxygen atoms in total. The van der Waals surface area contributed by atoms with Gasteiger partial charge in [0.15, 0.2) is 5.84 Å². The number of carbonyl (C=O) groups is 1. The van der Waals surface area contributed by atoms with Crippen molar-refractivity contribution in [2.45, 2.75) is 19.8 Å². The number of non-ortho nitro benzene ring substituents is 1. The summed E-state index contributed by atoms with van der Waals surface area (Å²) in [6, 6.07) is 7.69. The molecule has 0 fully saturated rings. The summed E-state index contributed by atoms with van der Waals surface area (Å²) in [4.78, 5) is 26.9. The first-order valence-electron chi connectivity index (χ1n) is 8.90. The Labute approximate surface area is 183 Å². The Hall–Kier alpha value is -3.05. The monoisotopic (exact) mass is 487 g/mol. The topological polar surface area (TPSA) is 125 Å². The molecule has 0 spiro atoms. The van der Waals surface area contributed by atoms with Crippen LogP contribution in [0.3, 0.4) is 0 Å². The van der Waals surface area contributed by atoms with Crippen molar-refractivity contribution in [2.24, 2.45) is 10.1 Å². The van der Waals surface area contributed by atoms with Crippen molar-refractivity contribution < 1.29 is 14.1 Å². The second-order valence-electron chi connectivity index (χ2n) is 6.39. The molecule has 11 heteroatoms. The lowest BCUT2D eigenvalue weighted by Crippen LogP contribution is -2.35. The lowest BCUT2D eigenvalue weighted by atomic mass is 10.1. The fourth-order valence-electron chi connectivity index (χ4n) is 2.88. The van der Waals surface area contributed by atoms with Gasteiger partial charge in [-0.25, -0.2) is 0 Å². The number of benzene rings is 1. The number of halogens is 1. The zero-order valence-corrected chi connectivity index (χ0v) is 18.0. The Morgan fingerprint density at radius 2 is 2.17 bits per heavy atom. The second kappa shape index (κ2) is 8.00. The van der Waals surface area contributed by atoms with Crippen molar-refractivity contribution in [1.29, 1.82) is 5.41 Å². The number of hydrazone groups is 1. The summed E-state index contributed by atoms with van der Waals surface area (Å²) in [5, 5.41) is 26.2. The number of hydrogen-bond acceptors (Lipinski definition) is 7. The van der Waals surface area contributed by atoms with Gasteiger partial charge in [-0.05, 0) is 64.8 Å². The number of nitro benzene ring substituents is 1. The smallest absolute Gasteiger partial charge is 0.283 e. The summed E-state index contributed by atoms with van der Waals surface area (Å²) in [7, 11) is 0. The molecule has 2 aliphatic heterocycles. The largest absolute Gasteiger partial charge is 0.457 e. The van der Waals surface area contributed by atoms with E-state index in [1.807, 2.05) is 6.92 Å². The molecule has 0 atom stereocenters. The van der Waals surface area contributed by atoms with E-state index in [0.29, 0.717) is 26.7 Å². The van der Waals surface area contributed by atoms with Crippen LogP contribution >= 0.6 is 27.7 Å². The molecule has 152 valence electrons. The molecule has 0 saturated heterocycles. The van der Waals surface area contributed by atoms with E-state index in [2.05, 4.69) is 26.0 Å². The van der Waals surface area contributed by atoms with Crippen molar-refractivity contribution in [2.75, 3.05) is 0 Å². The summed E-state index contributed by atoms with van der Waals surface area (Å²) in [6.45, 7) is 2.03. The predicted octanol–water partition coefficient (Wildman–Crippen LogP) is 5.04. The van der Waals surface area contributed by atoms with Gasteiger partial charge < -0.3 is 4.42 Å². The van der Waals surface area contributed by atoms with Crippen LogP contribution in [0.2, 0.25) is 0 Å². The number of carbonyl (C=O) groups excluding carboxylic acids is 1. The van der Waals surface area contributed by atoms with Crippen molar-refractivity contribution in [3.05, 3.63) is 56.3 Å². The number of thioether (sulfide) groups is 1. The molecule has 1 N–H and O–H groups in total. The van der Waals surface area contributed by atoms with Gasteiger partial charge in [0.1, 0.15) is 16.6 Å². The Morgan fingerprint density at radius 1 is 1.37 bits per heavy atom. The maximum absolute atomic E-state index is 12.4. The minimum absolute atomic E-state index is 0.0408. The third-order valence-electron chi connectivity index (χ3n) is 4.30. The highest BCUT2D eigenvalue weighted by atomic mass is 79.9. The number of aliphatic imine (C=N–C) groups is 1. The van der Waals surface area contributed by atoms with Gasteiger partial charge in [-0.15, -0.1) is 0 Å². The van der Waals surface area contributed by atoms with E-state index in [1.165, 1.54) is 35.0 Å². The van der Waals surface area contributed by atoms with E-state index in [-0.39, 0.29) is 17.1 Å². The summed E-state index contributed by atoms with van der Waals surface area (Å²) < 4.78 is 6.30. The van der Waals surface area contributed by atoms with Crippen LogP contribution < -0.4 is 0 Å². The third-order valence-corrected chi connectivity index (χ3v) is 5.93. The van der Waals surface area contributed by atoms with Crippen LogP contribution in [-0.2, 0) is 4.79 Å². The number of nitro groups is 1. The van der Waals surface area contributed by atoms with Crippen molar-refractivity contribution in [1.82, 2.24) is 5.01 Å². The highest BCUT2D eigenvalue weighted by molar-refractivity contribution is 9.10. The SMILES string of the molecule is CCCC1=NN2C(=N)C(=Cc3ccc(-c4ccc([N+](=O)[O-])cc4Br)o3)C(=O)N=C2S1. The Balaban J connectivity index is 1.63. The number of nitrogens with one attached hydrogen (secondary N) is 1. The predicted molar refractivity (Wildman–Crippen MR) is 118 cm³/mol. The van der Waals surface area contributed by atoms with Crippen LogP contribution in [0, 0.1) is 15.5 Å². The van der Waals surface area contributed by atoms with Gasteiger partial charge >= 0.3 is 0 Å². The molecule has 2 aromatic rings. The summed E-state index contributed by atoms with van der Waals surface area (Å²) >= 11 is 4.62. The molecular formula is C19H14BrN5O4S. The van der Waals surface area contributed by atoms with Crippen LogP contribution in [0.5, 0.6) is 0 Å². The molecule has 30 heavy (non-hydrogen) atoms. The minimum Gasteiger partial charge on any atom is -0.457 e. The van der Waals surface area contributed by atoms with Crippen LogP contribution in [0.15, 0.2) is 54.9 Å². The van der Waals surface area contributed by atoms with Crippen LogP contribution in [-0.4, -0.2) is 31.9 Å². The number of fused-ring (bicyclic) bond motifs is 1. The molecule has 0 bridgehead atoms. The van der Waals surface area contributed by atoms with Gasteiger partial charge in [0.05, 0.1) is 10.5 Å². The third kappa shape index (κ3) is 3.73. The normalized spacial score (nSPS) is 17.3. The Morgan fingerprint density at radius 3 is 2.87 bits per heavy atom. The van der Waals surface area contributed by atoms with Crippen LogP contribution in [0.25, 0.3) is 17.4 Å². The van der Waals surface area contributed by atoms with Crippen LogP contribution in [0.4, 0.5) is 5.69 Å². The molecule has 0 aliphatic carbocycles. The molecule has 2 aliphatic rings. The first-order chi connectivity index (χ1) is 14.4. The van der Waals surface area contributed by atoms with Crippen molar-refractivity contribution >= 4 is 61.4 Å². The standard InChI is InChI=1S/C19H14BrN5O4S/c1-2-3-16-23-24-17(21)13(18(26)22-19(24)30-16)9-11-5-7-15(29-11)12-6-4-10(25(27)28)8-14(12)20/h4-9,21H,2-3H2,1H3. The average molecular weight is 488 g/mol. The average Bonchev–Trinajstić information content (AvgIpc) is 3.32. The van der Waals surface area contributed by atoms with Gasteiger partial charge in [0, 0.05) is 22.2 Å². The van der Waals surface area contributed by atoms with E-state index in [1.54, 1.807) is 18.2 Å². The highest BCUT2D eigenvalue weighted by Gasteiger charge is 2.35. The van der Waals surface area contributed by atoms with Gasteiger partial charge in [0.25, 0.3) is 11.6 Å². The summed E-state index contributed by atoms with van der Waals surface area (Å²) in [5.41, 5.74) is 0.658. The zero-order valence-electron chi connectivity index (χ0n) is 15.6. The van der Waals surface area contributed by atoms with Gasteiger partial charge in [0.2, 0.25) is 5.17 Å². The molecule has 3 heterocycles. The molecule has 0 saturated carbocycles. The molecule has 1 aromatic carbocycles.